The molecule has 0 spiro atoms. The van der Waals surface area contributed by atoms with Crippen molar-refractivity contribution in [2.45, 2.75) is 39.5 Å². The van der Waals surface area contributed by atoms with Gasteiger partial charge in [-0.3, -0.25) is 0 Å². The van der Waals surface area contributed by atoms with Crippen LogP contribution in [0.5, 0.6) is 0 Å². The van der Waals surface area contributed by atoms with Gasteiger partial charge in [-0.1, -0.05) is 32.9 Å². The number of allylic oxidation sites excluding steroid dienone is 1. The lowest BCUT2D eigenvalue weighted by atomic mass is 9.68. The number of aromatic nitrogens is 1. The Balaban J connectivity index is 1.90. The number of hydrogen-bond donors (Lipinski definition) is 2. The number of rotatable bonds is 4. The highest BCUT2D eigenvalue weighted by Gasteiger charge is 2.34. The Kier molecular flexibility index (Phi) is 2.89. The van der Waals surface area contributed by atoms with Crippen LogP contribution in [0, 0.1) is 5.41 Å². The molecule has 1 aromatic heterocycles. The van der Waals surface area contributed by atoms with Crippen LogP contribution < -0.4 is 5.32 Å². The van der Waals surface area contributed by atoms with Crippen molar-refractivity contribution in [2.75, 3.05) is 5.32 Å². The van der Waals surface area contributed by atoms with Crippen molar-refractivity contribution in [3.8, 4) is 0 Å². The molecular weight excluding hydrogens is 232 g/mol. The zero-order valence-electron chi connectivity index (χ0n) is 11.8. The average molecular weight is 254 g/mol. The van der Waals surface area contributed by atoms with E-state index in [4.69, 9.17) is 0 Å². The van der Waals surface area contributed by atoms with Gasteiger partial charge in [-0.15, -0.1) is 0 Å². The first-order chi connectivity index (χ1) is 9.12. The molecule has 2 heteroatoms. The molecule has 0 saturated heterocycles. The number of anilines is 1. The maximum atomic E-state index is 4.25. The molecule has 1 aliphatic rings. The number of hydrogen-bond acceptors (Lipinski definition) is 1. The highest BCUT2D eigenvalue weighted by atomic mass is 14.9. The number of aryl methyl sites for hydroxylation is 1. The van der Waals surface area contributed by atoms with Crippen LogP contribution in [0.25, 0.3) is 10.9 Å². The van der Waals surface area contributed by atoms with Crippen molar-refractivity contribution in [3.05, 3.63) is 42.2 Å². The molecule has 0 radical (unpaired) electrons. The number of nitrogens with one attached hydrogen (secondary N) is 2. The van der Waals surface area contributed by atoms with Crippen LogP contribution in [0.1, 0.15) is 38.7 Å². The van der Waals surface area contributed by atoms with Gasteiger partial charge >= 0.3 is 0 Å². The zero-order valence-corrected chi connectivity index (χ0v) is 11.8. The molecule has 1 heterocycles. The monoisotopic (exact) mass is 254 g/mol. The molecule has 0 unspecified atom stereocenters. The van der Waals surface area contributed by atoms with Gasteiger partial charge < -0.3 is 10.3 Å². The molecule has 0 atom stereocenters. The van der Waals surface area contributed by atoms with Crippen LogP contribution in [-0.2, 0) is 6.42 Å². The minimum Gasteiger partial charge on any atom is -0.359 e. The first-order valence-corrected chi connectivity index (χ1v) is 7.19. The first kappa shape index (κ1) is 12.3. The summed E-state index contributed by atoms with van der Waals surface area (Å²) in [6, 6.07) is 6.61. The Bertz CT molecular complexity index is 617. The summed E-state index contributed by atoms with van der Waals surface area (Å²) in [6.45, 7) is 8.74. The lowest BCUT2D eigenvalue weighted by Gasteiger charge is -2.40. The van der Waals surface area contributed by atoms with Gasteiger partial charge in [0.15, 0.2) is 0 Å². The highest BCUT2D eigenvalue weighted by molar-refractivity contribution is 5.93. The Morgan fingerprint density at radius 2 is 2.21 bits per heavy atom. The Morgan fingerprint density at radius 1 is 1.42 bits per heavy atom. The van der Waals surface area contributed by atoms with E-state index in [1.54, 1.807) is 0 Å². The molecule has 1 saturated carbocycles. The Morgan fingerprint density at radius 3 is 2.84 bits per heavy atom. The van der Waals surface area contributed by atoms with E-state index < -0.39 is 0 Å². The third-order valence-corrected chi connectivity index (χ3v) is 4.63. The third kappa shape index (κ3) is 2.05. The van der Waals surface area contributed by atoms with Crippen molar-refractivity contribution in [3.63, 3.8) is 0 Å². The lowest BCUT2D eigenvalue weighted by molar-refractivity contribution is 0.217. The fraction of sp³-hybridized carbons (Fsp3) is 0.412. The van der Waals surface area contributed by atoms with Gasteiger partial charge in [-0.2, -0.15) is 0 Å². The van der Waals surface area contributed by atoms with Crippen LogP contribution in [0.2, 0.25) is 0 Å². The summed E-state index contributed by atoms with van der Waals surface area (Å²) in [5, 5.41) is 4.80. The van der Waals surface area contributed by atoms with Gasteiger partial charge in [0.2, 0.25) is 0 Å². The Hall–Kier alpha value is -1.70. The number of H-pyrrole nitrogens is 1. The van der Waals surface area contributed by atoms with Gasteiger partial charge in [0.05, 0.1) is 5.69 Å². The molecule has 1 aliphatic carbocycles. The smallest absolute Gasteiger partial charge is 0.0639 e. The summed E-state index contributed by atoms with van der Waals surface area (Å²) < 4.78 is 0. The summed E-state index contributed by atoms with van der Waals surface area (Å²) in [6.07, 6.45) is 6.95. The first-order valence-electron chi connectivity index (χ1n) is 7.19. The van der Waals surface area contributed by atoms with E-state index in [0.29, 0.717) is 0 Å². The molecule has 2 aromatic rings. The van der Waals surface area contributed by atoms with E-state index in [2.05, 4.69) is 55.1 Å². The van der Waals surface area contributed by atoms with Crippen LogP contribution in [0.3, 0.4) is 0 Å². The van der Waals surface area contributed by atoms with Crippen LogP contribution in [0.15, 0.2) is 36.7 Å². The van der Waals surface area contributed by atoms with Crippen molar-refractivity contribution in [1.29, 1.82) is 0 Å². The van der Waals surface area contributed by atoms with Crippen LogP contribution in [-0.4, -0.2) is 4.98 Å². The summed E-state index contributed by atoms with van der Waals surface area (Å²) in [4.78, 5) is 3.33. The number of aromatic amines is 1. The fourth-order valence-corrected chi connectivity index (χ4v) is 2.81. The largest absolute Gasteiger partial charge is 0.359 e. The van der Waals surface area contributed by atoms with Gasteiger partial charge in [0.25, 0.3) is 0 Å². The third-order valence-electron chi connectivity index (χ3n) is 4.63. The van der Waals surface area contributed by atoms with E-state index in [-0.39, 0.29) is 5.41 Å². The molecule has 100 valence electrons. The number of benzene rings is 1. The summed E-state index contributed by atoms with van der Waals surface area (Å²) >= 11 is 0. The SMILES string of the molecule is C=C(Nc1c[nH]c2ccc(CC)cc12)C1(C)CCC1. The van der Waals surface area contributed by atoms with Crippen LogP contribution in [0.4, 0.5) is 5.69 Å². The highest BCUT2D eigenvalue weighted by Crippen LogP contribution is 2.46. The average Bonchev–Trinajstić information content (AvgIpc) is 2.78. The molecule has 1 aromatic carbocycles. The predicted octanol–water partition coefficient (Wildman–Crippen LogP) is 4.85. The number of fused-ring (bicyclic) bond motifs is 1. The normalized spacial score (nSPS) is 17.2. The second-order valence-electron chi connectivity index (χ2n) is 5.95. The topological polar surface area (TPSA) is 27.8 Å². The second-order valence-corrected chi connectivity index (χ2v) is 5.95. The van der Waals surface area contributed by atoms with E-state index >= 15 is 0 Å². The minimum absolute atomic E-state index is 0.284. The molecule has 3 rings (SSSR count). The lowest BCUT2D eigenvalue weighted by Crippen LogP contribution is -2.30. The second kappa shape index (κ2) is 4.44. The van der Waals surface area contributed by atoms with Gasteiger partial charge in [0.1, 0.15) is 0 Å². The van der Waals surface area contributed by atoms with Crippen molar-refractivity contribution < 1.29 is 0 Å². The molecule has 0 bridgehead atoms. The maximum Gasteiger partial charge on any atom is 0.0639 e. The standard InChI is InChI=1S/C17H22N2/c1-4-13-6-7-15-14(10-13)16(11-18-15)19-12(2)17(3)8-5-9-17/h6-7,10-11,18-19H,2,4-5,8-9H2,1,3H3. The molecule has 0 aliphatic heterocycles. The van der Waals surface area contributed by atoms with Crippen molar-refractivity contribution in [2.24, 2.45) is 5.41 Å². The van der Waals surface area contributed by atoms with Crippen molar-refractivity contribution >= 4 is 16.6 Å². The molecule has 2 nitrogen and oxygen atoms in total. The van der Waals surface area contributed by atoms with Gasteiger partial charge in [-0.25, -0.2) is 0 Å². The predicted molar refractivity (Wildman–Crippen MR) is 82.4 cm³/mol. The summed E-state index contributed by atoms with van der Waals surface area (Å²) in [7, 11) is 0. The van der Waals surface area contributed by atoms with E-state index in [1.165, 1.54) is 35.7 Å². The molecular formula is C17H22N2. The van der Waals surface area contributed by atoms with E-state index in [0.717, 1.165) is 17.8 Å². The summed E-state index contributed by atoms with van der Waals surface area (Å²) in [5.41, 5.74) is 5.15. The zero-order chi connectivity index (χ0) is 13.5. The molecule has 0 amide bonds. The maximum absolute atomic E-state index is 4.25. The van der Waals surface area contributed by atoms with E-state index in [9.17, 15) is 0 Å². The van der Waals surface area contributed by atoms with Gasteiger partial charge in [0, 0.05) is 28.2 Å². The van der Waals surface area contributed by atoms with Gasteiger partial charge in [-0.05, 0) is 37.0 Å². The molecule has 19 heavy (non-hydrogen) atoms. The quantitative estimate of drug-likeness (QED) is 0.802. The summed E-state index contributed by atoms with van der Waals surface area (Å²) in [5.74, 6) is 0. The fourth-order valence-electron chi connectivity index (χ4n) is 2.81. The minimum atomic E-state index is 0.284. The molecule has 1 fully saturated rings. The van der Waals surface area contributed by atoms with Crippen LogP contribution >= 0.6 is 0 Å². The Labute approximate surface area is 114 Å². The van der Waals surface area contributed by atoms with E-state index in [1.807, 2.05) is 0 Å². The molecule has 2 N–H and O–H groups in total. The van der Waals surface area contributed by atoms with Crippen molar-refractivity contribution in [1.82, 2.24) is 4.98 Å².